The third-order valence-corrected chi connectivity index (χ3v) is 3.31. The van der Waals surface area contributed by atoms with E-state index in [0.717, 1.165) is 42.7 Å². The van der Waals surface area contributed by atoms with Crippen LogP contribution in [-0.4, -0.2) is 34.0 Å². The maximum Gasteiger partial charge on any atom is 0.321 e. The highest BCUT2D eigenvalue weighted by molar-refractivity contribution is 5.91. The van der Waals surface area contributed by atoms with E-state index in [1.54, 1.807) is 6.33 Å². The monoisotopic (exact) mass is 244 g/mol. The molecule has 5 nitrogen and oxygen atoms in total. The fraction of sp³-hybridized carbons (Fsp3) is 0.385. The highest BCUT2D eigenvalue weighted by Gasteiger charge is 2.16. The van der Waals surface area contributed by atoms with Crippen molar-refractivity contribution < 1.29 is 4.79 Å². The number of imidazole rings is 1. The number of piperidine rings is 1. The van der Waals surface area contributed by atoms with Crippen LogP contribution in [0.2, 0.25) is 0 Å². The van der Waals surface area contributed by atoms with Gasteiger partial charge in [-0.1, -0.05) is 0 Å². The molecule has 2 aromatic rings. The van der Waals surface area contributed by atoms with Gasteiger partial charge in [0.2, 0.25) is 0 Å². The number of carbonyl (C=O) groups is 1. The Morgan fingerprint density at radius 1 is 1.28 bits per heavy atom. The van der Waals surface area contributed by atoms with Crippen LogP contribution in [0.25, 0.3) is 11.0 Å². The van der Waals surface area contributed by atoms with Crippen LogP contribution >= 0.6 is 0 Å². The van der Waals surface area contributed by atoms with E-state index in [1.165, 1.54) is 6.42 Å². The molecular weight excluding hydrogens is 228 g/mol. The number of carbonyl (C=O) groups excluding carboxylic acids is 1. The summed E-state index contributed by atoms with van der Waals surface area (Å²) < 4.78 is 0. The van der Waals surface area contributed by atoms with Crippen molar-refractivity contribution in [1.29, 1.82) is 0 Å². The number of nitrogens with zero attached hydrogens (tertiary/aromatic N) is 2. The molecule has 5 heteroatoms. The van der Waals surface area contributed by atoms with Gasteiger partial charge in [0.15, 0.2) is 0 Å². The van der Waals surface area contributed by atoms with E-state index >= 15 is 0 Å². The van der Waals surface area contributed by atoms with E-state index in [9.17, 15) is 4.79 Å². The zero-order valence-corrected chi connectivity index (χ0v) is 10.1. The Bertz CT molecular complexity index is 557. The number of amides is 2. The smallest absolute Gasteiger partial charge is 0.321 e. The molecule has 94 valence electrons. The summed E-state index contributed by atoms with van der Waals surface area (Å²) in [5.74, 6) is 0. The normalized spacial score (nSPS) is 15.9. The summed E-state index contributed by atoms with van der Waals surface area (Å²) in [4.78, 5) is 21.1. The molecule has 0 aliphatic carbocycles. The molecule has 2 amide bonds. The van der Waals surface area contributed by atoms with Gasteiger partial charge in [0.25, 0.3) is 0 Å². The van der Waals surface area contributed by atoms with Gasteiger partial charge in [-0.2, -0.15) is 0 Å². The lowest BCUT2D eigenvalue weighted by Gasteiger charge is -2.26. The first-order valence-corrected chi connectivity index (χ1v) is 6.32. The van der Waals surface area contributed by atoms with Crippen molar-refractivity contribution in [2.45, 2.75) is 19.3 Å². The van der Waals surface area contributed by atoms with Crippen molar-refractivity contribution in [2.24, 2.45) is 0 Å². The van der Waals surface area contributed by atoms with Gasteiger partial charge in [-0.05, 0) is 37.5 Å². The molecule has 0 radical (unpaired) electrons. The molecule has 1 fully saturated rings. The second-order valence-corrected chi connectivity index (χ2v) is 4.61. The zero-order valence-electron chi connectivity index (χ0n) is 10.1. The number of anilines is 1. The average molecular weight is 244 g/mol. The van der Waals surface area contributed by atoms with E-state index < -0.39 is 0 Å². The largest absolute Gasteiger partial charge is 0.345 e. The fourth-order valence-electron chi connectivity index (χ4n) is 2.31. The Balaban J connectivity index is 1.72. The summed E-state index contributed by atoms with van der Waals surface area (Å²) in [5.41, 5.74) is 2.65. The number of aromatic amines is 1. The minimum Gasteiger partial charge on any atom is -0.345 e. The average Bonchev–Trinajstić information content (AvgIpc) is 2.87. The third kappa shape index (κ3) is 2.16. The van der Waals surface area contributed by atoms with Gasteiger partial charge >= 0.3 is 6.03 Å². The number of aromatic nitrogens is 2. The SMILES string of the molecule is O=C(Nc1ccc2nc[nH]c2c1)N1CCCCC1. The Hall–Kier alpha value is -2.04. The van der Waals surface area contributed by atoms with E-state index in [-0.39, 0.29) is 6.03 Å². The van der Waals surface area contributed by atoms with Gasteiger partial charge in [-0.15, -0.1) is 0 Å². The van der Waals surface area contributed by atoms with Crippen LogP contribution in [0.1, 0.15) is 19.3 Å². The highest BCUT2D eigenvalue weighted by atomic mass is 16.2. The molecule has 1 aromatic heterocycles. The first-order valence-electron chi connectivity index (χ1n) is 6.32. The van der Waals surface area contributed by atoms with Crippen LogP contribution in [0.5, 0.6) is 0 Å². The molecule has 2 N–H and O–H groups in total. The van der Waals surface area contributed by atoms with E-state index in [4.69, 9.17) is 0 Å². The number of urea groups is 1. The number of H-pyrrole nitrogens is 1. The van der Waals surface area contributed by atoms with Crippen LogP contribution < -0.4 is 5.32 Å². The summed E-state index contributed by atoms with van der Waals surface area (Å²) in [6.45, 7) is 1.72. The van der Waals surface area contributed by atoms with Crippen molar-refractivity contribution >= 4 is 22.8 Å². The lowest BCUT2D eigenvalue weighted by Crippen LogP contribution is -2.38. The molecule has 0 spiro atoms. The van der Waals surface area contributed by atoms with Gasteiger partial charge in [-0.25, -0.2) is 9.78 Å². The molecule has 0 bridgehead atoms. The standard InChI is InChI=1S/C13H16N4O/c18-13(17-6-2-1-3-7-17)16-10-4-5-11-12(8-10)15-9-14-11/h4-5,8-9H,1-3,6-7H2,(H,14,15)(H,16,18). The molecule has 0 saturated carbocycles. The predicted octanol–water partition coefficient (Wildman–Crippen LogP) is 2.58. The topological polar surface area (TPSA) is 61.0 Å². The summed E-state index contributed by atoms with van der Waals surface area (Å²) in [7, 11) is 0. The predicted molar refractivity (Wildman–Crippen MR) is 70.5 cm³/mol. The van der Waals surface area contributed by atoms with Crippen LogP contribution in [-0.2, 0) is 0 Å². The quantitative estimate of drug-likeness (QED) is 0.810. The third-order valence-electron chi connectivity index (χ3n) is 3.31. The minimum absolute atomic E-state index is 0.00596. The first kappa shape index (κ1) is 11.1. The Morgan fingerprint density at radius 3 is 2.94 bits per heavy atom. The second-order valence-electron chi connectivity index (χ2n) is 4.61. The van der Waals surface area contributed by atoms with E-state index in [1.807, 2.05) is 23.1 Å². The van der Waals surface area contributed by atoms with Gasteiger partial charge in [0, 0.05) is 18.8 Å². The number of rotatable bonds is 1. The van der Waals surface area contributed by atoms with Crippen molar-refractivity contribution in [3.05, 3.63) is 24.5 Å². The molecule has 0 atom stereocenters. The number of nitrogens with one attached hydrogen (secondary N) is 2. The Morgan fingerprint density at radius 2 is 2.11 bits per heavy atom. The van der Waals surface area contributed by atoms with Crippen molar-refractivity contribution in [3.8, 4) is 0 Å². The first-order chi connectivity index (χ1) is 8.83. The van der Waals surface area contributed by atoms with Crippen molar-refractivity contribution in [2.75, 3.05) is 18.4 Å². The van der Waals surface area contributed by atoms with Gasteiger partial charge in [-0.3, -0.25) is 0 Å². The van der Waals surface area contributed by atoms with Crippen LogP contribution in [0, 0.1) is 0 Å². The molecule has 0 unspecified atom stereocenters. The number of hydrogen-bond donors (Lipinski definition) is 2. The molecule has 2 heterocycles. The number of hydrogen-bond acceptors (Lipinski definition) is 2. The Kier molecular flexibility index (Phi) is 2.88. The Labute approximate surface area is 105 Å². The minimum atomic E-state index is -0.00596. The number of likely N-dealkylation sites (tertiary alicyclic amines) is 1. The maximum atomic E-state index is 12.0. The number of fused-ring (bicyclic) bond motifs is 1. The molecular formula is C13H16N4O. The lowest BCUT2D eigenvalue weighted by atomic mass is 10.1. The lowest BCUT2D eigenvalue weighted by molar-refractivity contribution is 0.200. The molecule has 1 aliphatic rings. The van der Waals surface area contributed by atoms with Gasteiger partial charge < -0.3 is 15.2 Å². The van der Waals surface area contributed by atoms with E-state index in [2.05, 4.69) is 15.3 Å². The van der Waals surface area contributed by atoms with Crippen LogP contribution in [0.3, 0.4) is 0 Å². The molecule has 1 aromatic carbocycles. The van der Waals surface area contributed by atoms with Crippen LogP contribution in [0.4, 0.5) is 10.5 Å². The fourth-order valence-corrected chi connectivity index (χ4v) is 2.31. The summed E-state index contributed by atoms with van der Waals surface area (Å²) in [5, 5.41) is 2.93. The van der Waals surface area contributed by atoms with Crippen molar-refractivity contribution in [1.82, 2.24) is 14.9 Å². The zero-order chi connectivity index (χ0) is 12.4. The highest BCUT2D eigenvalue weighted by Crippen LogP contribution is 2.17. The van der Waals surface area contributed by atoms with E-state index in [0.29, 0.717) is 0 Å². The molecule has 1 aliphatic heterocycles. The second kappa shape index (κ2) is 4.68. The summed E-state index contributed by atoms with van der Waals surface area (Å²) in [6, 6.07) is 5.68. The number of benzene rings is 1. The van der Waals surface area contributed by atoms with Gasteiger partial charge in [0.05, 0.1) is 17.4 Å². The molecule has 1 saturated heterocycles. The van der Waals surface area contributed by atoms with Gasteiger partial charge in [0.1, 0.15) is 0 Å². The van der Waals surface area contributed by atoms with Crippen LogP contribution in [0.15, 0.2) is 24.5 Å². The molecule has 18 heavy (non-hydrogen) atoms. The van der Waals surface area contributed by atoms with Crippen molar-refractivity contribution in [3.63, 3.8) is 0 Å². The summed E-state index contributed by atoms with van der Waals surface area (Å²) in [6.07, 6.45) is 5.09. The maximum absolute atomic E-state index is 12.0. The summed E-state index contributed by atoms with van der Waals surface area (Å²) >= 11 is 0. The molecule has 3 rings (SSSR count).